The van der Waals surface area contributed by atoms with E-state index in [0.717, 1.165) is 25.7 Å². The minimum Gasteiger partial charge on any atom is -0.523 e. The summed E-state index contributed by atoms with van der Waals surface area (Å²) >= 11 is 0. The molecular weight excluding hydrogens is 430 g/mol. The molecule has 5 aliphatic rings. The highest BCUT2D eigenvalue weighted by Crippen LogP contribution is 2.75. The van der Waals surface area contributed by atoms with E-state index in [4.69, 9.17) is 6.57 Å². The summed E-state index contributed by atoms with van der Waals surface area (Å²) in [6.07, 6.45) is 12.0. The predicted octanol–water partition coefficient (Wildman–Crippen LogP) is 8.68. The molecule has 3 fully saturated rings. The Hall–Kier alpha value is -1.56. The van der Waals surface area contributed by atoms with Crippen LogP contribution in [0.4, 0.5) is 0 Å². The van der Waals surface area contributed by atoms with Gasteiger partial charge in [-0.15, -0.1) is 0 Å². The maximum atomic E-state index is 14.4. The molecule has 0 amide bonds. The van der Waals surface area contributed by atoms with E-state index < -0.39 is 5.41 Å². The summed E-state index contributed by atoms with van der Waals surface area (Å²) in [6.45, 7) is 26.4. The van der Waals surface area contributed by atoms with Gasteiger partial charge < -0.3 is 5.11 Å². The SMILES string of the molecule is [C-]#[N+]C1=C(O)C(C)(C)[C@@H]2CC[C@]3(C)C(=CC(=O)[C@@H]4[C@@H]5CC(C)(C)CC[C@]5(CC)CC[C@]43C)[C@@]2(C)C1. The number of hydrogen-bond donors (Lipinski definition) is 1. The van der Waals surface area contributed by atoms with Gasteiger partial charge in [0.2, 0.25) is 5.70 Å². The number of carbonyl (C=O) groups is 1. The Morgan fingerprint density at radius 3 is 2.31 bits per heavy atom. The van der Waals surface area contributed by atoms with Crippen molar-refractivity contribution in [2.75, 3.05) is 0 Å². The molecule has 0 aliphatic heterocycles. The van der Waals surface area contributed by atoms with Crippen molar-refractivity contribution in [2.45, 2.75) is 113 Å². The number of aliphatic hydroxyl groups excluding tert-OH is 1. The van der Waals surface area contributed by atoms with Crippen LogP contribution in [0.5, 0.6) is 0 Å². The van der Waals surface area contributed by atoms with Crippen molar-refractivity contribution in [1.82, 2.24) is 0 Å². The highest BCUT2D eigenvalue weighted by molar-refractivity contribution is 5.95. The fourth-order valence-electron chi connectivity index (χ4n) is 10.6. The zero-order chi connectivity index (χ0) is 25.8. The molecule has 0 saturated heterocycles. The average Bonchev–Trinajstić information content (AvgIpc) is 2.77. The molecule has 0 aromatic heterocycles. The first-order valence-corrected chi connectivity index (χ1v) is 14.2. The van der Waals surface area contributed by atoms with Crippen molar-refractivity contribution >= 4 is 5.78 Å². The van der Waals surface area contributed by atoms with Crippen molar-refractivity contribution < 1.29 is 9.90 Å². The fraction of sp³-hybridized carbons (Fsp3) is 0.812. The molecule has 0 unspecified atom stereocenters. The summed E-state index contributed by atoms with van der Waals surface area (Å²) in [7, 11) is 0. The number of carbonyl (C=O) groups excluding carboxylic acids is 1. The van der Waals surface area contributed by atoms with E-state index in [9.17, 15) is 9.90 Å². The van der Waals surface area contributed by atoms with Gasteiger partial charge in [0, 0.05) is 11.3 Å². The van der Waals surface area contributed by atoms with Gasteiger partial charge in [-0.05, 0) is 96.4 Å². The molecule has 3 heteroatoms. The minimum absolute atomic E-state index is 0.0471. The number of aliphatic hydroxyl groups is 1. The molecule has 0 aromatic carbocycles. The Morgan fingerprint density at radius 2 is 1.69 bits per heavy atom. The first-order chi connectivity index (χ1) is 16.1. The average molecular weight is 478 g/mol. The quantitative estimate of drug-likeness (QED) is 0.384. The van der Waals surface area contributed by atoms with Crippen LogP contribution in [-0.2, 0) is 4.79 Å². The molecule has 0 aromatic rings. The Labute approximate surface area is 213 Å². The number of hydrogen-bond acceptors (Lipinski definition) is 2. The van der Waals surface area contributed by atoms with E-state index in [1.165, 1.54) is 31.3 Å². The van der Waals surface area contributed by atoms with Crippen LogP contribution in [0.15, 0.2) is 23.1 Å². The standard InChI is InChI=1S/C32H47NO2/c1-10-32-15-13-27(2,3)18-20(32)25-22(34)17-24-29(6)19-21(33-9)26(35)28(4,5)23(29)11-12-30(24,7)31(25,8)14-16-32/h17,20,23,25,35H,10-16,18-19H2,1-8H3/t20-,23-,25-,29-,30+,31+,32+/m0/s1. The lowest BCUT2D eigenvalue weighted by molar-refractivity contribution is -0.173. The van der Waals surface area contributed by atoms with E-state index in [1.54, 1.807) is 0 Å². The topological polar surface area (TPSA) is 41.7 Å². The molecule has 5 aliphatic carbocycles. The maximum absolute atomic E-state index is 14.4. The van der Waals surface area contributed by atoms with Gasteiger partial charge >= 0.3 is 0 Å². The Morgan fingerprint density at radius 1 is 1.03 bits per heavy atom. The fourth-order valence-corrected chi connectivity index (χ4v) is 10.6. The maximum Gasteiger partial charge on any atom is 0.203 e. The van der Waals surface area contributed by atoms with Crippen LogP contribution < -0.4 is 0 Å². The van der Waals surface area contributed by atoms with Gasteiger partial charge in [-0.1, -0.05) is 67.4 Å². The van der Waals surface area contributed by atoms with Gasteiger partial charge in [-0.3, -0.25) is 4.79 Å². The lowest BCUT2D eigenvalue weighted by Crippen LogP contribution is -2.64. The molecule has 1 N–H and O–H groups in total. The van der Waals surface area contributed by atoms with Gasteiger partial charge in [0.1, 0.15) is 5.76 Å². The molecule has 35 heavy (non-hydrogen) atoms. The largest absolute Gasteiger partial charge is 0.523 e. The monoisotopic (exact) mass is 477 g/mol. The molecule has 192 valence electrons. The smallest absolute Gasteiger partial charge is 0.203 e. The van der Waals surface area contributed by atoms with E-state index in [0.29, 0.717) is 34.6 Å². The van der Waals surface area contributed by atoms with Crippen molar-refractivity contribution in [1.29, 1.82) is 0 Å². The van der Waals surface area contributed by atoms with E-state index in [1.807, 2.05) is 0 Å². The molecule has 7 atom stereocenters. The highest BCUT2D eigenvalue weighted by Gasteiger charge is 2.69. The number of ketones is 1. The van der Waals surface area contributed by atoms with Crippen LogP contribution in [0, 0.1) is 56.8 Å². The summed E-state index contributed by atoms with van der Waals surface area (Å²) in [6, 6.07) is 0. The van der Waals surface area contributed by atoms with Crippen LogP contribution in [0.3, 0.4) is 0 Å². The number of rotatable bonds is 1. The second-order valence-electron chi connectivity index (χ2n) is 15.2. The van der Waals surface area contributed by atoms with Crippen LogP contribution in [0.25, 0.3) is 4.85 Å². The van der Waals surface area contributed by atoms with E-state index >= 15 is 0 Å². The van der Waals surface area contributed by atoms with Crippen LogP contribution in [-0.4, -0.2) is 10.9 Å². The lowest BCUT2D eigenvalue weighted by atomic mass is 9.34. The van der Waals surface area contributed by atoms with Crippen molar-refractivity contribution in [2.24, 2.45) is 50.2 Å². The van der Waals surface area contributed by atoms with Gasteiger partial charge in [-0.25, -0.2) is 4.85 Å². The Kier molecular flexibility index (Phi) is 5.21. The second-order valence-corrected chi connectivity index (χ2v) is 15.2. The molecule has 0 spiro atoms. The summed E-state index contributed by atoms with van der Waals surface area (Å²) in [5.41, 5.74) is 1.60. The van der Waals surface area contributed by atoms with Crippen LogP contribution in [0.1, 0.15) is 113 Å². The van der Waals surface area contributed by atoms with Gasteiger partial charge in [-0.2, -0.15) is 0 Å². The third kappa shape index (κ3) is 2.98. The third-order valence-electron chi connectivity index (χ3n) is 13.0. The number of nitrogens with zero attached hydrogens (tertiary/aromatic N) is 1. The molecule has 3 saturated carbocycles. The van der Waals surface area contributed by atoms with Gasteiger partial charge in [0.15, 0.2) is 5.78 Å². The molecule has 3 nitrogen and oxygen atoms in total. The number of fused-ring (bicyclic) bond motifs is 7. The molecular formula is C32H47NO2. The van der Waals surface area contributed by atoms with Crippen molar-refractivity contribution in [3.63, 3.8) is 0 Å². The van der Waals surface area contributed by atoms with Gasteiger partial charge in [0.05, 0.1) is 6.57 Å². The van der Waals surface area contributed by atoms with Crippen LogP contribution in [0.2, 0.25) is 0 Å². The first-order valence-electron chi connectivity index (χ1n) is 14.2. The molecule has 0 heterocycles. The highest BCUT2D eigenvalue weighted by atomic mass is 16.3. The summed E-state index contributed by atoms with van der Waals surface area (Å²) in [5.74, 6) is 1.45. The molecule has 0 bridgehead atoms. The third-order valence-corrected chi connectivity index (χ3v) is 13.0. The second kappa shape index (κ2) is 7.26. The minimum atomic E-state index is -0.451. The van der Waals surface area contributed by atoms with E-state index in [2.05, 4.69) is 66.3 Å². The Bertz CT molecular complexity index is 1070. The first kappa shape index (κ1) is 25.1. The molecule has 5 rings (SSSR count). The zero-order valence-electron chi connectivity index (χ0n) is 23.5. The van der Waals surface area contributed by atoms with Crippen molar-refractivity contribution in [3.8, 4) is 0 Å². The van der Waals surface area contributed by atoms with Crippen LogP contribution >= 0.6 is 0 Å². The summed E-state index contributed by atoms with van der Waals surface area (Å²) in [4.78, 5) is 18.1. The normalized spacial score (nSPS) is 48.0. The Balaban J connectivity index is 1.67. The zero-order valence-corrected chi connectivity index (χ0v) is 23.5. The number of allylic oxidation sites excluding steroid dienone is 4. The van der Waals surface area contributed by atoms with Crippen molar-refractivity contribution in [3.05, 3.63) is 34.5 Å². The summed E-state index contributed by atoms with van der Waals surface area (Å²) < 4.78 is 0. The molecule has 0 radical (unpaired) electrons. The summed E-state index contributed by atoms with van der Waals surface area (Å²) in [5, 5.41) is 11.0. The van der Waals surface area contributed by atoms with Gasteiger partial charge in [0.25, 0.3) is 0 Å². The van der Waals surface area contributed by atoms with E-state index in [-0.39, 0.29) is 33.8 Å². The predicted molar refractivity (Wildman–Crippen MR) is 141 cm³/mol. The lowest BCUT2D eigenvalue weighted by Gasteiger charge is -2.70.